The average molecular weight is 323 g/mol. The Morgan fingerprint density at radius 2 is 1.43 bits per heavy atom. The molecule has 0 saturated carbocycles. The fourth-order valence-electron chi connectivity index (χ4n) is 0.695. The van der Waals surface area contributed by atoms with Gasteiger partial charge in [-0.3, -0.25) is 0 Å². The van der Waals surface area contributed by atoms with Crippen molar-refractivity contribution in [3.63, 3.8) is 0 Å². The molecular formula is C7H8Cl2S5. The fourth-order valence-corrected chi connectivity index (χ4v) is 6.87. The molecule has 1 rings (SSSR count). The number of thioether (sulfide) groups is 2. The van der Waals surface area contributed by atoms with Gasteiger partial charge in [0.25, 0.3) is 0 Å². The zero-order valence-electron chi connectivity index (χ0n) is 7.13. The van der Waals surface area contributed by atoms with Crippen LogP contribution in [0.3, 0.4) is 0 Å². The van der Waals surface area contributed by atoms with Crippen LogP contribution in [0.15, 0.2) is 8.42 Å². The molecular weight excluding hydrogens is 315 g/mol. The molecule has 80 valence electrons. The molecule has 0 nitrogen and oxygen atoms in total. The van der Waals surface area contributed by atoms with Crippen LogP contribution >= 0.6 is 81.6 Å². The van der Waals surface area contributed by atoms with Crippen LogP contribution in [-0.2, 0) is 0 Å². The molecule has 0 N–H and O–H groups in total. The summed E-state index contributed by atoms with van der Waals surface area (Å²) < 4.78 is 3.59. The van der Waals surface area contributed by atoms with Crippen molar-refractivity contribution in [2.45, 2.75) is 8.42 Å². The smallest absolute Gasteiger partial charge is 0.126 e. The minimum atomic E-state index is 0.680. The molecule has 0 unspecified atom stereocenters. The van der Waals surface area contributed by atoms with Crippen molar-refractivity contribution >= 4 is 81.6 Å². The van der Waals surface area contributed by atoms with E-state index in [1.807, 2.05) is 0 Å². The molecule has 14 heavy (non-hydrogen) atoms. The molecule has 1 aromatic rings. The van der Waals surface area contributed by atoms with Gasteiger partial charge < -0.3 is 0 Å². The summed E-state index contributed by atoms with van der Waals surface area (Å²) >= 11 is 23.4. The summed E-state index contributed by atoms with van der Waals surface area (Å²) in [6.07, 6.45) is 0. The Morgan fingerprint density at radius 3 is 1.79 bits per heavy atom. The van der Waals surface area contributed by atoms with Gasteiger partial charge >= 0.3 is 0 Å². The van der Waals surface area contributed by atoms with E-state index in [0.717, 1.165) is 14.6 Å². The molecule has 0 spiro atoms. The van der Waals surface area contributed by atoms with Gasteiger partial charge in [0, 0.05) is 23.3 Å². The fraction of sp³-hybridized carbons (Fsp3) is 0.571. The maximum Gasteiger partial charge on any atom is 0.145 e. The summed E-state index contributed by atoms with van der Waals surface area (Å²) in [5.41, 5.74) is 0. The van der Waals surface area contributed by atoms with Crippen LogP contribution in [0.4, 0.5) is 0 Å². The zero-order valence-corrected chi connectivity index (χ0v) is 12.7. The van der Waals surface area contributed by atoms with Crippen molar-refractivity contribution < 1.29 is 0 Å². The van der Waals surface area contributed by atoms with Crippen LogP contribution in [0.2, 0.25) is 0 Å². The molecule has 0 bridgehead atoms. The summed E-state index contributed by atoms with van der Waals surface area (Å²) in [6.45, 7) is 0. The molecule has 0 saturated heterocycles. The van der Waals surface area contributed by atoms with Gasteiger partial charge in [0.05, 0.1) is 8.42 Å². The Labute approximate surface area is 115 Å². The lowest BCUT2D eigenvalue weighted by molar-refractivity contribution is 1.45. The van der Waals surface area contributed by atoms with E-state index in [9.17, 15) is 0 Å². The lowest BCUT2D eigenvalue weighted by atomic mass is 11.0. The molecule has 7 heteroatoms. The average Bonchev–Trinajstić information content (AvgIpc) is 2.52. The number of hydrogen-bond acceptors (Lipinski definition) is 5. The van der Waals surface area contributed by atoms with Gasteiger partial charge in [-0.15, -0.1) is 69.4 Å². The molecule has 0 fully saturated rings. The van der Waals surface area contributed by atoms with Crippen molar-refractivity contribution in [1.82, 2.24) is 0 Å². The number of halogens is 2. The van der Waals surface area contributed by atoms with Gasteiger partial charge in [0.2, 0.25) is 0 Å². The van der Waals surface area contributed by atoms with Crippen molar-refractivity contribution in [3.05, 3.63) is 3.14 Å². The minimum absolute atomic E-state index is 0.680. The van der Waals surface area contributed by atoms with Crippen LogP contribution in [0, 0.1) is 3.14 Å². The van der Waals surface area contributed by atoms with Crippen molar-refractivity contribution in [2.75, 3.05) is 23.3 Å². The second kappa shape index (κ2) is 7.76. The standard InChI is InChI=1S/C7H8Cl2S5/c8-1-3-11-5-6(12-4-2-9)14-7(10)13-5/h1-4H2. The van der Waals surface area contributed by atoms with Gasteiger partial charge in [0.15, 0.2) is 0 Å². The first-order chi connectivity index (χ1) is 6.77. The minimum Gasteiger partial charge on any atom is -0.126 e. The van der Waals surface area contributed by atoms with Crippen molar-refractivity contribution in [2.24, 2.45) is 0 Å². The highest BCUT2D eigenvalue weighted by Gasteiger charge is 2.07. The SMILES string of the molecule is S=c1sc(SCCCl)c(SCCCl)s1. The van der Waals surface area contributed by atoms with E-state index < -0.39 is 0 Å². The molecule has 0 aromatic carbocycles. The summed E-state index contributed by atoms with van der Waals surface area (Å²) in [5.74, 6) is 3.25. The molecule has 0 aliphatic rings. The van der Waals surface area contributed by atoms with Crippen LogP contribution in [-0.4, -0.2) is 23.3 Å². The molecule has 0 aliphatic carbocycles. The van der Waals surface area contributed by atoms with Gasteiger partial charge in [-0.2, -0.15) is 0 Å². The topological polar surface area (TPSA) is 0 Å². The third-order valence-corrected chi connectivity index (χ3v) is 7.55. The highest BCUT2D eigenvalue weighted by Crippen LogP contribution is 2.40. The van der Waals surface area contributed by atoms with E-state index in [4.69, 9.17) is 35.4 Å². The van der Waals surface area contributed by atoms with Gasteiger partial charge in [0.1, 0.15) is 3.14 Å². The molecule has 0 aliphatic heterocycles. The highest BCUT2D eigenvalue weighted by atomic mass is 35.5. The normalized spacial score (nSPS) is 10.7. The van der Waals surface area contributed by atoms with Crippen LogP contribution in [0.1, 0.15) is 0 Å². The lowest BCUT2D eigenvalue weighted by Crippen LogP contribution is -1.80. The Hall–Kier alpha value is 1.55. The molecule has 0 amide bonds. The molecule has 0 atom stereocenters. The predicted molar refractivity (Wildman–Crippen MR) is 75.9 cm³/mol. The van der Waals surface area contributed by atoms with E-state index in [-0.39, 0.29) is 0 Å². The van der Waals surface area contributed by atoms with E-state index in [2.05, 4.69) is 0 Å². The first kappa shape index (κ1) is 13.6. The molecule has 0 radical (unpaired) electrons. The maximum absolute atomic E-state index is 5.65. The van der Waals surface area contributed by atoms with Crippen molar-refractivity contribution in [1.29, 1.82) is 0 Å². The second-order valence-corrected chi connectivity index (χ2v) is 8.81. The lowest BCUT2D eigenvalue weighted by Gasteiger charge is -1.98. The van der Waals surface area contributed by atoms with E-state index in [0.29, 0.717) is 11.8 Å². The summed E-state index contributed by atoms with van der Waals surface area (Å²) in [5, 5.41) is 0. The Balaban J connectivity index is 2.64. The van der Waals surface area contributed by atoms with E-state index in [1.165, 1.54) is 8.42 Å². The van der Waals surface area contributed by atoms with Crippen LogP contribution in [0.5, 0.6) is 0 Å². The van der Waals surface area contributed by atoms with Gasteiger partial charge in [-0.05, 0) is 0 Å². The number of alkyl halides is 2. The summed E-state index contributed by atoms with van der Waals surface area (Å²) in [4.78, 5) is 0. The molecule has 1 heterocycles. The summed E-state index contributed by atoms with van der Waals surface area (Å²) in [6, 6.07) is 0. The predicted octanol–water partition coefficient (Wildman–Crippen LogP) is 5.20. The van der Waals surface area contributed by atoms with Crippen LogP contribution < -0.4 is 0 Å². The second-order valence-electron chi connectivity index (χ2n) is 2.10. The van der Waals surface area contributed by atoms with Gasteiger partial charge in [-0.1, -0.05) is 12.2 Å². The van der Waals surface area contributed by atoms with Crippen molar-refractivity contribution in [3.8, 4) is 0 Å². The largest absolute Gasteiger partial charge is 0.145 e. The van der Waals surface area contributed by atoms with Gasteiger partial charge in [-0.25, -0.2) is 0 Å². The van der Waals surface area contributed by atoms with E-state index >= 15 is 0 Å². The maximum atomic E-state index is 5.65. The third-order valence-electron chi connectivity index (χ3n) is 1.14. The first-order valence-electron chi connectivity index (χ1n) is 3.79. The first-order valence-corrected chi connectivity index (χ1v) is 8.87. The Bertz CT molecular complexity index is 290. The monoisotopic (exact) mass is 322 g/mol. The van der Waals surface area contributed by atoms with E-state index in [1.54, 1.807) is 46.2 Å². The highest BCUT2D eigenvalue weighted by molar-refractivity contribution is 8.05. The van der Waals surface area contributed by atoms with Crippen LogP contribution in [0.25, 0.3) is 0 Å². The third kappa shape index (κ3) is 4.60. The Morgan fingerprint density at radius 1 is 1.00 bits per heavy atom. The quantitative estimate of drug-likeness (QED) is 0.401. The summed E-state index contributed by atoms with van der Waals surface area (Å²) in [7, 11) is 0. The Kier molecular flexibility index (Phi) is 7.55. The zero-order chi connectivity index (χ0) is 10.4. The molecule has 1 aromatic heterocycles. The number of rotatable bonds is 6. The number of hydrogen-bond donors (Lipinski definition) is 0.